The van der Waals surface area contributed by atoms with E-state index >= 15 is 0 Å². The van der Waals surface area contributed by atoms with E-state index in [1.165, 1.54) is 12.2 Å². The van der Waals surface area contributed by atoms with Gasteiger partial charge in [-0.05, 0) is 19.1 Å². The third kappa shape index (κ3) is 1.92. The second-order valence-corrected chi connectivity index (χ2v) is 2.57. The quantitative estimate of drug-likeness (QED) is 0.583. The van der Waals surface area contributed by atoms with Gasteiger partial charge < -0.3 is 5.73 Å². The van der Waals surface area contributed by atoms with E-state index in [9.17, 15) is 4.79 Å². The third-order valence-corrected chi connectivity index (χ3v) is 1.31. The largest absolute Gasteiger partial charge is 0.397 e. The van der Waals surface area contributed by atoms with Gasteiger partial charge in [0, 0.05) is 11.8 Å². The lowest BCUT2D eigenvalue weighted by Gasteiger charge is -2.04. The first-order valence-electron chi connectivity index (χ1n) is 3.53. The summed E-state index contributed by atoms with van der Waals surface area (Å²) in [7, 11) is 0. The van der Waals surface area contributed by atoms with Crippen LogP contribution in [0.5, 0.6) is 0 Å². The molecule has 12 heavy (non-hydrogen) atoms. The van der Waals surface area contributed by atoms with Crippen LogP contribution < -0.4 is 5.73 Å². The van der Waals surface area contributed by atoms with Crippen molar-refractivity contribution in [1.29, 1.82) is 0 Å². The highest BCUT2D eigenvalue weighted by atomic mass is 16.1. The smallest absolute Gasteiger partial charge is 0.180 e. The minimum absolute atomic E-state index is 0.104. The molecular weight excluding hydrogens is 152 g/mol. The van der Waals surface area contributed by atoms with Gasteiger partial charge in [-0.1, -0.05) is 6.58 Å². The van der Waals surface area contributed by atoms with Crippen LogP contribution in [0.1, 0.15) is 6.92 Å². The predicted molar refractivity (Wildman–Crippen MR) is 48.7 cm³/mol. The zero-order valence-electron chi connectivity index (χ0n) is 6.87. The van der Waals surface area contributed by atoms with Crippen LogP contribution in [-0.4, -0.2) is 11.5 Å². The first-order valence-corrected chi connectivity index (χ1v) is 3.53. The fourth-order valence-corrected chi connectivity index (χ4v) is 0.840. The summed E-state index contributed by atoms with van der Waals surface area (Å²) in [4.78, 5) is 14.8. The number of hydrogen-bond acceptors (Lipinski definition) is 3. The van der Waals surface area contributed by atoms with Crippen molar-refractivity contribution in [3.8, 4) is 0 Å². The van der Waals surface area contributed by atoms with Crippen molar-refractivity contribution in [2.45, 2.75) is 6.92 Å². The van der Waals surface area contributed by atoms with Gasteiger partial charge in [-0.15, -0.1) is 0 Å². The molecule has 0 aliphatic heterocycles. The maximum atomic E-state index is 10.8. The van der Waals surface area contributed by atoms with Crippen LogP contribution in [0.25, 0.3) is 0 Å². The van der Waals surface area contributed by atoms with E-state index in [1.807, 2.05) is 0 Å². The zero-order valence-corrected chi connectivity index (χ0v) is 6.87. The Morgan fingerprint density at radius 3 is 2.75 bits per heavy atom. The van der Waals surface area contributed by atoms with Gasteiger partial charge in [0.05, 0.1) is 11.4 Å². The number of rotatable bonds is 1. The normalized spacial score (nSPS) is 19.6. The van der Waals surface area contributed by atoms with E-state index in [2.05, 4.69) is 11.6 Å². The molecule has 0 bridgehead atoms. The van der Waals surface area contributed by atoms with E-state index in [0.29, 0.717) is 17.1 Å². The van der Waals surface area contributed by atoms with Gasteiger partial charge in [0.2, 0.25) is 0 Å². The average Bonchev–Trinajstić information content (AvgIpc) is 1.94. The molecule has 1 aliphatic rings. The summed E-state index contributed by atoms with van der Waals surface area (Å²) in [5.41, 5.74) is 7.19. The van der Waals surface area contributed by atoms with Gasteiger partial charge in [0.1, 0.15) is 0 Å². The highest BCUT2D eigenvalue weighted by Gasteiger charge is 2.06. The molecule has 0 saturated carbocycles. The van der Waals surface area contributed by atoms with Gasteiger partial charge in [0.25, 0.3) is 0 Å². The van der Waals surface area contributed by atoms with E-state index in [4.69, 9.17) is 5.73 Å². The summed E-state index contributed by atoms with van der Waals surface area (Å²) >= 11 is 0. The molecule has 3 nitrogen and oxygen atoms in total. The van der Waals surface area contributed by atoms with Crippen molar-refractivity contribution in [2.24, 2.45) is 10.7 Å². The number of carbonyl (C=O) groups is 1. The predicted octanol–water partition coefficient (Wildman–Crippen LogP) is 0.943. The van der Waals surface area contributed by atoms with Gasteiger partial charge in [-0.25, -0.2) is 0 Å². The molecule has 2 N–H and O–H groups in total. The summed E-state index contributed by atoms with van der Waals surface area (Å²) < 4.78 is 0. The number of ketones is 1. The zero-order chi connectivity index (χ0) is 9.14. The lowest BCUT2D eigenvalue weighted by Crippen LogP contribution is -2.14. The number of hydrogen-bond donors (Lipinski definition) is 1. The molecule has 0 radical (unpaired) electrons. The van der Waals surface area contributed by atoms with Crippen LogP contribution in [0, 0.1) is 0 Å². The van der Waals surface area contributed by atoms with Crippen LogP contribution in [-0.2, 0) is 4.79 Å². The molecule has 0 saturated heterocycles. The fourth-order valence-electron chi connectivity index (χ4n) is 0.840. The van der Waals surface area contributed by atoms with E-state index in [-0.39, 0.29) is 5.78 Å². The molecule has 0 atom stereocenters. The SMILES string of the molecule is C=C(C)N=C1C=CC(=O)C=C1N. The van der Waals surface area contributed by atoms with Gasteiger partial charge >= 0.3 is 0 Å². The molecule has 62 valence electrons. The number of nitrogens with two attached hydrogens (primary N) is 1. The second kappa shape index (κ2) is 3.17. The third-order valence-electron chi connectivity index (χ3n) is 1.31. The van der Waals surface area contributed by atoms with Gasteiger partial charge in [0.15, 0.2) is 5.78 Å². The molecule has 0 heterocycles. The Morgan fingerprint density at radius 2 is 2.25 bits per heavy atom. The number of nitrogens with zero attached hydrogens (tertiary/aromatic N) is 1. The minimum atomic E-state index is -0.104. The van der Waals surface area contributed by atoms with E-state index < -0.39 is 0 Å². The Morgan fingerprint density at radius 1 is 1.58 bits per heavy atom. The monoisotopic (exact) mass is 162 g/mol. The molecule has 0 spiro atoms. The topological polar surface area (TPSA) is 55.5 Å². The Kier molecular flexibility index (Phi) is 2.24. The summed E-state index contributed by atoms with van der Waals surface area (Å²) in [6.07, 6.45) is 4.37. The molecule has 0 aromatic carbocycles. The van der Waals surface area contributed by atoms with E-state index in [1.54, 1.807) is 13.0 Å². The van der Waals surface area contributed by atoms with Crippen LogP contribution in [0.4, 0.5) is 0 Å². The van der Waals surface area contributed by atoms with Crippen LogP contribution in [0.15, 0.2) is 41.2 Å². The highest BCUT2D eigenvalue weighted by Crippen LogP contribution is 2.03. The second-order valence-electron chi connectivity index (χ2n) is 2.57. The van der Waals surface area contributed by atoms with Gasteiger partial charge in [-0.2, -0.15) is 0 Å². The maximum absolute atomic E-state index is 10.8. The molecule has 0 fully saturated rings. The lowest BCUT2D eigenvalue weighted by atomic mass is 10.1. The lowest BCUT2D eigenvalue weighted by molar-refractivity contribution is -0.110. The van der Waals surface area contributed by atoms with Crippen molar-refractivity contribution < 1.29 is 4.79 Å². The summed E-state index contributed by atoms with van der Waals surface area (Å²) in [5, 5.41) is 0. The van der Waals surface area contributed by atoms with Crippen molar-refractivity contribution in [1.82, 2.24) is 0 Å². The average molecular weight is 162 g/mol. The molecule has 0 unspecified atom stereocenters. The molecule has 1 aliphatic carbocycles. The van der Waals surface area contributed by atoms with Crippen LogP contribution >= 0.6 is 0 Å². The van der Waals surface area contributed by atoms with Crippen molar-refractivity contribution >= 4 is 11.5 Å². The molecule has 0 aromatic rings. The molecular formula is C9H10N2O. The fraction of sp³-hybridized carbons (Fsp3) is 0.111. The Labute approximate surface area is 71.0 Å². The Hall–Kier alpha value is -1.64. The molecule has 3 heteroatoms. The van der Waals surface area contributed by atoms with E-state index in [0.717, 1.165) is 0 Å². The Balaban J connectivity index is 2.97. The molecule has 0 amide bonds. The maximum Gasteiger partial charge on any atom is 0.180 e. The Bertz CT molecular complexity index is 321. The van der Waals surface area contributed by atoms with Crippen molar-refractivity contribution in [2.75, 3.05) is 0 Å². The standard InChI is InChI=1S/C9H10N2O/c1-6(2)11-9-4-3-7(12)5-8(9)10/h3-5H,1,10H2,2H3. The van der Waals surface area contributed by atoms with Gasteiger partial charge in [-0.3, -0.25) is 9.79 Å². The van der Waals surface area contributed by atoms with Crippen LogP contribution in [0.2, 0.25) is 0 Å². The molecule has 0 aromatic heterocycles. The first kappa shape index (κ1) is 8.46. The summed E-state index contributed by atoms with van der Waals surface area (Å²) in [5.74, 6) is -0.104. The number of allylic oxidation sites excluding steroid dienone is 4. The van der Waals surface area contributed by atoms with Crippen molar-refractivity contribution in [3.63, 3.8) is 0 Å². The van der Waals surface area contributed by atoms with Crippen molar-refractivity contribution in [3.05, 3.63) is 36.2 Å². The summed E-state index contributed by atoms with van der Waals surface area (Å²) in [6.45, 7) is 5.38. The number of aliphatic imine (C=N–C) groups is 1. The minimum Gasteiger partial charge on any atom is -0.397 e. The molecule has 1 rings (SSSR count). The van der Waals surface area contributed by atoms with Crippen LogP contribution in [0.3, 0.4) is 0 Å². The highest BCUT2D eigenvalue weighted by molar-refractivity contribution is 6.19. The number of carbonyl (C=O) groups excluding carboxylic acids is 1. The summed E-state index contributed by atoms with van der Waals surface area (Å²) in [6, 6.07) is 0. The first-order chi connectivity index (χ1) is 5.59.